The van der Waals surface area contributed by atoms with Gasteiger partial charge < -0.3 is 15.6 Å². The normalized spacial score (nSPS) is 12.8. The first-order valence-electron chi connectivity index (χ1n) is 13.6. The van der Waals surface area contributed by atoms with Gasteiger partial charge in [-0.25, -0.2) is 4.98 Å². The fraction of sp³-hybridized carbons (Fsp3) is 0.114. The lowest BCUT2D eigenvalue weighted by Crippen LogP contribution is -2.10. The number of aryl methyl sites for hydroxylation is 2. The second-order valence-corrected chi connectivity index (χ2v) is 10.3. The summed E-state index contributed by atoms with van der Waals surface area (Å²) in [5.41, 5.74) is 18.4. The lowest BCUT2D eigenvalue weighted by atomic mass is 9.94. The third-order valence-corrected chi connectivity index (χ3v) is 7.71. The van der Waals surface area contributed by atoms with Gasteiger partial charge in [0.25, 0.3) is 0 Å². The largest absolute Gasteiger partial charge is 0.397 e. The maximum absolute atomic E-state index is 6.59. The summed E-state index contributed by atoms with van der Waals surface area (Å²) in [5.74, 6) is 1.17. The van der Waals surface area contributed by atoms with E-state index in [0.29, 0.717) is 5.69 Å². The van der Waals surface area contributed by atoms with Gasteiger partial charge in [0.2, 0.25) is 0 Å². The number of hydrogen-bond donors (Lipinski definition) is 2. The van der Waals surface area contributed by atoms with Crippen molar-refractivity contribution in [2.24, 2.45) is 0 Å². The molecule has 0 aliphatic carbocycles. The highest BCUT2D eigenvalue weighted by molar-refractivity contribution is 5.93. The Kier molecular flexibility index (Phi) is 5.86. The van der Waals surface area contributed by atoms with Gasteiger partial charge in [-0.3, -0.25) is 0 Å². The summed E-state index contributed by atoms with van der Waals surface area (Å²) in [6, 6.07) is 40.6. The molecular weight excluding hydrogens is 476 g/mol. The van der Waals surface area contributed by atoms with E-state index in [-0.39, 0.29) is 0 Å². The molecule has 0 radical (unpaired) electrons. The molecule has 1 aliphatic heterocycles. The number of fused-ring (bicyclic) bond motifs is 3. The highest BCUT2D eigenvalue weighted by Crippen LogP contribution is 2.38. The van der Waals surface area contributed by atoms with Crippen LogP contribution in [0.2, 0.25) is 0 Å². The Bertz CT molecular complexity index is 1790. The van der Waals surface area contributed by atoms with E-state index in [1.54, 1.807) is 0 Å². The van der Waals surface area contributed by atoms with Crippen molar-refractivity contribution in [3.05, 3.63) is 121 Å². The van der Waals surface area contributed by atoms with Crippen LogP contribution in [-0.2, 0) is 13.0 Å². The zero-order chi connectivity index (χ0) is 26.2. The van der Waals surface area contributed by atoms with Gasteiger partial charge in [-0.1, -0.05) is 84.9 Å². The first-order chi connectivity index (χ1) is 19.2. The van der Waals surface area contributed by atoms with Crippen molar-refractivity contribution in [2.45, 2.75) is 25.8 Å². The van der Waals surface area contributed by atoms with Crippen LogP contribution in [0.1, 0.15) is 18.7 Å². The smallest absolute Gasteiger partial charge is 0.109 e. The summed E-state index contributed by atoms with van der Waals surface area (Å²) in [6.07, 6.45) is 3.41. The molecule has 2 heterocycles. The van der Waals surface area contributed by atoms with Gasteiger partial charge in [0.15, 0.2) is 0 Å². The van der Waals surface area contributed by atoms with Crippen LogP contribution < -0.4 is 11.1 Å². The standard InChI is InChI=1S/C35H30N4/c36-30-22-33-34(39-19-8-7-16-35(39)38-33)23-32(30)37-31-18-17-27(25-12-5-2-6-13-25)21-29(31)28-15-9-14-26(20-28)24-10-3-1-4-11-24/h1-6,9-15,17-18,20-23,37H,7-8,16,19,36H2. The third-order valence-electron chi connectivity index (χ3n) is 7.71. The predicted molar refractivity (Wildman–Crippen MR) is 163 cm³/mol. The van der Waals surface area contributed by atoms with Crippen LogP contribution in [0.3, 0.4) is 0 Å². The van der Waals surface area contributed by atoms with Crippen LogP contribution in [0, 0.1) is 0 Å². The molecule has 6 aromatic rings. The van der Waals surface area contributed by atoms with Gasteiger partial charge in [-0.2, -0.15) is 0 Å². The number of nitrogen functional groups attached to an aromatic ring is 1. The Labute approximate surface area is 228 Å². The second kappa shape index (κ2) is 9.80. The van der Waals surface area contributed by atoms with Crippen LogP contribution in [0.25, 0.3) is 44.4 Å². The van der Waals surface area contributed by atoms with Crippen molar-refractivity contribution < 1.29 is 0 Å². The average molecular weight is 507 g/mol. The summed E-state index contributed by atoms with van der Waals surface area (Å²) in [4.78, 5) is 4.87. The number of nitrogens with two attached hydrogens (primary N) is 1. The quantitative estimate of drug-likeness (QED) is 0.230. The molecule has 190 valence electrons. The van der Waals surface area contributed by atoms with E-state index in [1.165, 1.54) is 40.9 Å². The number of nitrogens with zero attached hydrogens (tertiary/aromatic N) is 2. The molecule has 1 aromatic heterocycles. The number of rotatable bonds is 5. The fourth-order valence-corrected chi connectivity index (χ4v) is 5.68. The third kappa shape index (κ3) is 4.44. The van der Waals surface area contributed by atoms with Crippen LogP contribution in [0.4, 0.5) is 17.1 Å². The van der Waals surface area contributed by atoms with Gasteiger partial charge in [-0.05, 0) is 71.0 Å². The molecule has 7 rings (SSSR count). The molecule has 1 aliphatic rings. The molecule has 0 saturated heterocycles. The lowest BCUT2D eigenvalue weighted by molar-refractivity contribution is 0.533. The van der Waals surface area contributed by atoms with Crippen LogP contribution >= 0.6 is 0 Å². The van der Waals surface area contributed by atoms with Crippen molar-refractivity contribution in [1.82, 2.24) is 9.55 Å². The van der Waals surface area contributed by atoms with E-state index in [2.05, 4.69) is 119 Å². The molecule has 0 spiro atoms. The van der Waals surface area contributed by atoms with Crippen molar-refractivity contribution in [3.8, 4) is 33.4 Å². The summed E-state index contributed by atoms with van der Waals surface area (Å²) < 4.78 is 2.35. The zero-order valence-electron chi connectivity index (χ0n) is 21.8. The van der Waals surface area contributed by atoms with E-state index >= 15 is 0 Å². The Morgan fingerprint density at radius 1 is 0.615 bits per heavy atom. The van der Waals surface area contributed by atoms with Crippen LogP contribution in [0.15, 0.2) is 115 Å². The number of anilines is 3. The molecule has 4 heteroatoms. The van der Waals surface area contributed by atoms with Gasteiger partial charge >= 0.3 is 0 Å². The molecular formula is C35H30N4. The topological polar surface area (TPSA) is 55.9 Å². The highest BCUT2D eigenvalue weighted by Gasteiger charge is 2.17. The second-order valence-electron chi connectivity index (χ2n) is 10.3. The summed E-state index contributed by atoms with van der Waals surface area (Å²) >= 11 is 0. The number of benzene rings is 5. The fourth-order valence-electron chi connectivity index (χ4n) is 5.68. The Morgan fingerprint density at radius 3 is 2.08 bits per heavy atom. The van der Waals surface area contributed by atoms with Crippen molar-refractivity contribution in [2.75, 3.05) is 11.1 Å². The predicted octanol–water partition coefficient (Wildman–Crippen LogP) is 8.70. The van der Waals surface area contributed by atoms with Crippen molar-refractivity contribution in [1.29, 1.82) is 0 Å². The van der Waals surface area contributed by atoms with Crippen molar-refractivity contribution >= 4 is 28.1 Å². The maximum Gasteiger partial charge on any atom is 0.109 e. The molecule has 0 atom stereocenters. The average Bonchev–Trinajstić information content (AvgIpc) is 3.35. The molecule has 39 heavy (non-hydrogen) atoms. The molecule has 0 amide bonds. The molecule has 0 fully saturated rings. The maximum atomic E-state index is 6.59. The Morgan fingerprint density at radius 2 is 1.31 bits per heavy atom. The van der Waals surface area contributed by atoms with Gasteiger partial charge in [0.05, 0.1) is 22.4 Å². The molecule has 4 nitrogen and oxygen atoms in total. The SMILES string of the molecule is Nc1cc2nc3n(c2cc1Nc1ccc(-c2ccccc2)cc1-c1cccc(-c2ccccc2)c1)CCCC3. The summed E-state index contributed by atoms with van der Waals surface area (Å²) in [7, 11) is 0. The molecule has 5 aromatic carbocycles. The molecule has 0 bridgehead atoms. The van der Waals surface area contributed by atoms with Crippen LogP contribution in [0.5, 0.6) is 0 Å². The number of hydrogen-bond acceptors (Lipinski definition) is 3. The van der Waals surface area contributed by atoms with Gasteiger partial charge in [0, 0.05) is 24.2 Å². The number of aromatic nitrogens is 2. The highest BCUT2D eigenvalue weighted by atomic mass is 15.1. The van der Waals surface area contributed by atoms with E-state index in [1.807, 2.05) is 6.07 Å². The molecule has 0 unspecified atom stereocenters. The monoisotopic (exact) mass is 506 g/mol. The summed E-state index contributed by atoms with van der Waals surface area (Å²) in [6.45, 7) is 1.01. The van der Waals surface area contributed by atoms with E-state index in [9.17, 15) is 0 Å². The number of imidazole rings is 1. The van der Waals surface area contributed by atoms with E-state index in [0.717, 1.165) is 46.5 Å². The van der Waals surface area contributed by atoms with E-state index < -0.39 is 0 Å². The minimum atomic E-state index is 0.703. The Hall–Kier alpha value is -4.83. The van der Waals surface area contributed by atoms with Gasteiger partial charge in [-0.15, -0.1) is 0 Å². The lowest BCUT2D eigenvalue weighted by Gasteiger charge is -2.18. The molecule has 0 saturated carbocycles. The zero-order valence-corrected chi connectivity index (χ0v) is 21.8. The first-order valence-corrected chi connectivity index (χ1v) is 13.6. The van der Waals surface area contributed by atoms with Gasteiger partial charge in [0.1, 0.15) is 5.82 Å². The summed E-state index contributed by atoms with van der Waals surface area (Å²) in [5, 5.41) is 3.70. The van der Waals surface area contributed by atoms with Crippen molar-refractivity contribution in [3.63, 3.8) is 0 Å². The Balaban J connectivity index is 1.35. The first kappa shape index (κ1) is 23.3. The minimum absolute atomic E-state index is 0.703. The van der Waals surface area contributed by atoms with E-state index in [4.69, 9.17) is 10.7 Å². The molecule has 3 N–H and O–H groups in total. The minimum Gasteiger partial charge on any atom is -0.397 e. The number of nitrogens with one attached hydrogen (secondary N) is 1. The van der Waals surface area contributed by atoms with Crippen LogP contribution in [-0.4, -0.2) is 9.55 Å².